The summed E-state index contributed by atoms with van der Waals surface area (Å²) in [6.45, 7) is 1.35. The number of rotatable bonds is 4. The van der Waals surface area contributed by atoms with Gasteiger partial charge < -0.3 is 10.1 Å². The Morgan fingerprint density at radius 1 is 1.29 bits per heavy atom. The SMILES string of the molecule is CC(=O)OCCC(=O)Nc1ccc(Cl)c(Cl)c1. The van der Waals surface area contributed by atoms with Gasteiger partial charge in [0.1, 0.15) is 6.61 Å². The first-order valence-corrected chi connectivity index (χ1v) is 5.63. The average molecular weight is 276 g/mol. The number of anilines is 1. The van der Waals surface area contributed by atoms with E-state index in [1.54, 1.807) is 18.2 Å². The van der Waals surface area contributed by atoms with E-state index in [4.69, 9.17) is 23.2 Å². The summed E-state index contributed by atoms with van der Waals surface area (Å²) >= 11 is 11.5. The number of ether oxygens (including phenoxy) is 1. The number of nitrogens with one attached hydrogen (secondary N) is 1. The second kappa shape index (κ2) is 6.47. The molecule has 0 radical (unpaired) electrons. The molecule has 1 aromatic carbocycles. The Bertz CT molecular complexity index is 435. The monoisotopic (exact) mass is 275 g/mol. The normalized spacial score (nSPS) is 9.82. The van der Waals surface area contributed by atoms with Gasteiger partial charge in [0.25, 0.3) is 0 Å². The van der Waals surface area contributed by atoms with Gasteiger partial charge >= 0.3 is 5.97 Å². The third-order valence-corrected chi connectivity index (χ3v) is 2.58. The van der Waals surface area contributed by atoms with Crippen LogP contribution in [0.5, 0.6) is 0 Å². The molecular weight excluding hydrogens is 265 g/mol. The molecule has 0 bridgehead atoms. The van der Waals surface area contributed by atoms with Crippen LogP contribution in [-0.2, 0) is 14.3 Å². The van der Waals surface area contributed by atoms with Gasteiger partial charge in [-0.15, -0.1) is 0 Å². The van der Waals surface area contributed by atoms with Crippen LogP contribution in [0, 0.1) is 0 Å². The van der Waals surface area contributed by atoms with E-state index in [9.17, 15) is 9.59 Å². The molecule has 0 aromatic heterocycles. The largest absolute Gasteiger partial charge is 0.465 e. The van der Waals surface area contributed by atoms with Crippen molar-refractivity contribution >= 4 is 40.8 Å². The highest BCUT2D eigenvalue weighted by atomic mass is 35.5. The Morgan fingerprint density at radius 2 is 2.00 bits per heavy atom. The molecule has 0 aliphatic heterocycles. The molecular formula is C11H11Cl2NO3. The van der Waals surface area contributed by atoms with Gasteiger partial charge in [0, 0.05) is 12.6 Å². The van der Waals surface area contributed by atoms with Gasteiger partial charge in [-0.25, -0.2) is 0 Å². The third-order valence-electron chi connectivity index (χ3n) is 1.84. The molecule has 0 saturated heterocycles. The van der Waals surface area contributed by atoms with Crippen molar-refractivity contribution in [2.45, 2.75) is 13.3 Å². The predicted octanol–water partition coefficient (Wildman–Crippen LogP) is 2.89. The van der Waals surface area contributed by atoms with Crippen molar-refractivity contribution < 1.29 is 14.3 Å². The zero-order valence-corrected chi connectivity index (χ0v) is 10.6. The molecule has 17 heavy (non-hydrogen) atoms. The van der Waals surface area contributed by atoms with Crippen LogP contribution in [0.3, 0.4) is 0 Å². The lowest BCUT2D eigenvalue weighted by Crippen LogP contribution is -2.15. The van der Waals surface area contributed by atoms with Crippen molar-refractivity contribution in [2.24, 2.45) is 0 Å². The van der Waals surface area contributed by atoms with E-state index >= 15 is 0 Å². The molecule has 0 aliphatic rings. The van der Waals surface area contributed by atoms with Crippen molar-refractivity contribution in [3.8, 4) is 0 Å². The van der Waals surface area contributed by atoms with E-state index in [0.29, 0.717) is 15.7 Å². The van der Waals surface area contributed by atoms with Crippen LogP contribution in [0.1, 0.15) is 13.3 Å². The summed E-state index contributed by atoms with van der Waals surface area (Å²) in [6, 6.07) is 4.77. The summed E-state index contributed by atoms with van der Waals surface area (Å²) in [6.07, 6.45) is 0.0970. The Hall–Kier alpha value is -1.26. The molecule has 1 amide bonds. The number of hydrogen-bond donors (Lipinski definition) is 1. The first-order valence-electron chi connectivity index (χ1n) is 4.87. The molecule has 0 atom stereocenters. The predicted molar refractivity (Wildman–Crippen MR) is 66.3 cm³/mol. The maximum Gasteiger partial charge on any atom is 0.302 e. The average Bonchev–Trinajstić information content (AvgIpc) is 2.23. The highest BCUT2D eigenvalue weighted by Crippen LogP contribution is 2.24. The lowest BCUT2D eigenvalue weighted by atomic mass is 10.3. The van der Waals surface area contributed by atoms with Crippen molar-refractivity contribution in [1.82, 2.24) is 0 Å². The summed E-state index contributed by atoms with van der Waals surface area (Å²) in [4.78, 5) is 21.9. The van der Waals surface area contributed by atoms with Gasteiger partial charge in [-0.1, -0.05) is 23.2 Å². The molecule has 1 rings (SSSR count). The quantitative estimate of drug-likeness (QED) is 0.860. The molecule has 4 nitrogen and oxygen atoms in total. The first kappa shape index (κ1) is 13.8. The summed E-state index contributed by atoms with van der Waals surface area (Å²) in [5.74, 6) is -0.669. The van der Waals surface area contributed by atoms with E-state index < -0.39 is 5.97 Å². The van der Waals surface area contributed by atoms with E-state index in [-0.39, 0.29) is 18.9 Å². The topological polar surface area (TPSA) is 55.4 Å². The lowest BCUT2D eigenvalue weighted by Gasteiger charge is -2.06. The van der Waals surface area contributed by atoms with Crippen LogP contribution in [0.25, 0.3) is 0 Å². The molecule has 0 aliphatic carbocycles. The highest BCUT2D eigenvalue weighted by Gasteiger charge is 2.05. The first-order chi connectivity index (χ1) is 7.99. The van der Waals surface area contributed by atoms with Gasteiger partial charge in [0.15, 0.2) is 0 Å². The van der Waals surface area contributed by atoms with Crippen molar-refractivity contribution in [1.29, 1.82) is 0 Å². The van der Waals surface area contributed by atoms with Crippen molar-refractivity contribution in [3.05, 3.63) is 28.2 Å². The summed E-state index contributed by atoms with van der Waals surface area (Å²) in [5.41, 5.74) is 0.548. The maximum absolute atomic E-state index is 11.4. The number of benzene rings is 1. The molecule has 1 N–H and O–H groups in total. The molecule has 0 saturated carbocycles. The maximum atomic E-state index is 11.4. The second-order valence-corrected chi connectivity index (χ2v) is 4.08. The van der Waals surface area contributed by atoms with E-state index in [2.05, 4.69) is 10.1 Å². The highest BCUT2D eigenvalue weighted by molar-refractivity contribution is 6.42. The summed E-state index contributed by atoms with van der Waals surface area (Å²) in [5, 5.41) is 3.40. The lowest BCUT2D eigenvalue weighted by molar-refractivity contribution is -0.141. The minimum Gasteiger partial charge on any atom is -0.465 e. The number of esters is 1. The molecule has 0 heterocycles. The fraction of sp³-hybridized carbons (Fsp3) is 0.273. The molecule has 92 valence electrons. The number of carbonyl (C=O) groups excluding carboxylic acids is 2. The number of halogens is 2. The van der Waals surface area contributed by atoms with Gasteiger partial charge in [-0.05, 0) is 18.2 Å². The minimum absolute atomic E-state index is 0.0580. The standard InChI is InChI=1S/C11H11Cl2NO3/c1-7(15)17-5-4-11(16)14-8-2-3-9(12)10(13)6-8/h2-3,6H,4-5H2,1H3,(H,14,16). The Kier molecular flexibility index (Phi) is 5.25. The number of amides is 1. The van der Waals surface area contributed by atoms with Crippen LogP contribution in [0.2, 0.25) is 10.0 Å². The third kappa shape index (κ3) is 5.06. The minimum atomic E-state index is -0.410. The van der Waals surface area contributed by atoms with Crippen molar-refractivity contribution in [3.63, 3.8) is 0 Å². The van der Waals surface area contributed by atoms with Gasteiger partial charge in [-0.3, -0.25) is 9.59 Å². The Morgan fingerprint density at radius 3 is 2.59 bits per heavy atom. The molecule has 6 heteroatoms. The van der Waals surface area contributed by atoms with Crippen LogP contribution in [0.4, 0.5) is 5.69 Å². The Labute approximate surface area is 109 Å². The number of carbonyl (C=O) groups is 2. The van der Waals surface area contributed by atoms with Crippen molar-refractivity contribution in [2.75, 3.05) is 11.9 Å². The summed E-state index contributed by atoms with van der Waals surface area (Å²) < 4.78 is 4.65. The molecule has 1 aromatic rings. The zero-order valence-electron chi connectivity index (χ0n) is 9.13. The van der Waals surface area contributed by atoms with Gasteiger partial charge in [0.2, 0.25) is 5.91 Å². The molecule has 0 unspecified atom stereocenters. The fourth-order valence-electron chi connectivity index (χ4n) is 1.08. The van der Waals surface area contributed by atoms with E-state index in [1.165, 1.54) is 6.92 Å². The van der Waals surface area contributed by atoms with Crippen LogP contribution in [0.15, 0.2) is 18.2 Å². The Balaban J connectivity index is 2.45. The second-order valence-electron chi connectivity index (χ2n) is 3.27. The van der Waals surface area contributed by atoms with E-state index in [1.807, 2.05) is 0 Å². The van der Waals surface area contributed by atoms with Gasteiger partial charge in [-0.2, -0.15) is 0 Å². The molecule has 0 spiro atoms. The number of hydrogen-bond acceptors (Lipinski definition) is 3. The fourth-order valence-corrected chi connectivity index (χ4v) is 1.38. The van der Waals surface area contributed by atoms with Crippen LogP contribution in [-0.4, -0.2) is 18.5 Å². The smallest absolute Gasteiger partial charge is 0.302 e. The zero-order chi connectivity index (χ0) is 12.8. The van der Waals surface area contributed by atoms with E-state index in [0.717, 1.165) is 0 Å². The van der Waals surface area contributed by atoms with Gasteiger partial charge in [0.05, 0.1) is 16.5 Å². The summed E-state index contributed by atoms with van der Waals surface area (Å²) in [7, 11) is 0. The van der Waals surface area contributed by atoms with Crippen LogP contribution < -0.4 is 5.32 Å². The van der Waals surface area contributed by atoms with Crippen LogP contribution >= 0.6 is 23.2 Å². The molecule has 0 fully saturated rings.